The number of fused-ring (bicyclic) bond motifs is 2. The average Bonchev–Trinajstić information content (AvgIpc) is 2.71. The van der Waals surface area contributed by atoms with Crippen LogP contribution in [0.15, 0.2) is 41.1 Å². The molecule has 0 amide bonds. The number of hydrogen-bond donors (Lipinski definition) is 1. The van der Waals surface area contributed by atoms with Gasteiger partial charge in [0.15, 0.2) is 5.78 Å². The molecule has 0 radical (unpaired) electrons. The van der Waals surface area contributed by atoms with Crippen LogP contribution in [0, 0.1) is 0 Å². The van der Waals surface area contributed by atoms with E-state index in [1.165, 1.54) is 7.11 Å². The van der Waals surface area contributed by atoms with Crippen molar-refractivity contribution in [1.82, 2.24) is 5.32 Å². The molecule has 1 N–H and O–H groups in total. The number of nitrogens with one attached hydrogen (secondary N) is 1. The van der Waals surface area contributed by atoms with E-state index in [-0.39, 0.29) is 11.8 Å². The number of benzene rings is 1. The maximum Gasteiger partial charge on any atom is 0.335 e. The summed E-state index contributed by atoms with van der Waals surface area (Å²) in [4.78, 5) is 24.0. The summed E-state index contributed by atoms with van der Waals surface area (Å²) in [6, 6.07) is 7.47. The number of rotatable bonds is 1. The molecule has 2 aliphatic rings. The normalized spacial score (nSPS) is 17.1. The molecule has 0 saturated carbocycles. The third kappa shape index (κ3) is 1.60. The molecule has 0 spiro atoms. The summed E-state index contributed by atoms with van der Waals surface area (Å²) in [5.41, 5.74) is 4.33. The van der Waals surface area contributed by atoms with E-state index >= 15 is 0 Å². The van der Waals surface area contributed by atoms with Crippen LogP contribution in [0.2, 0.25) is 0 Å². The third-order valence-electron chi connectivity index (χ3n) is 3.57. The first kappa shape index (κ1) is 11.7. The van der Waals surface area contributed by atoms with Gasteiger partial charge in [0.25, 0.3) is 0 Å². The van der Waals surface area contributed by atoms with Gasteiger partial charge in [-0.2, -0.15) is 0 Å². The predicted molar refractivity (Wildman–Crippen MR) is 70.2 cm³/mol. The highest BCUT2D eigenvalue weighted by Crippen LogP contribution is 2.38. The number of ether oxygens (including phenoxy) is 1. The number of esters is 1. The van der Waals surface area contributed by atoms with Crippen molar-refractivity contribution >= 4 is 17.4 Å². The van der Waals surface area contributed by atoms with Crippen LogP contribution in [0.4, 0.5) is 0 Å². The number of carbonyl (C=O) groups is 2. The molecule has 96 valence electrons. The van der Waals surface area contributed by atoms with Gasteiger partial charge in [-0.05, 0) is 6.92 Å². The first-order valence-corrected chi connectivity index (χ1v) is 6.06. The zero-order valence-corrected chi connectivity index (χ0v) is 10.7. The predicted octanol–water partition coefficient (Wildman–Crippen LogP) is 2.03. The van der Waals surface area contributed by atoms with Crippen molar-refractivity contribution in [2.45, 2.75) is 13.3 Å². The molecule has 1 aliphatic heterocycles. The lowest BCUT2D eigenvalue weighted by Gasteiger charge is -2.20. The average molecular weight is 255 g/mol. The lowest BCUT2D eigenvalue weighted by Crippen LogP contribution is -2.22. The summed E-state index contributed by atoms with van der Waals surface area (Å²) >= 11 is 0. The van der Waals surface area contributed by atoms with E-state index in [2.05, 4.69) is 5.32 Å². The molecule has 4 heteroatoms. The van der Waals surface area contributed by atoms with Gasteiger partial charge in [-0.1, -0.05) is 24.3 Å². The van der Waals surface area contributed by atoms with Gasteiger partial charge in [0.1, 0.15) is 0 Å². The Balaban J connectivity index is 2.05. The number of hydrogen-bond acceptors (Lipinski definition) is 4. The van der Waals surface area contributed by atoms with Crippen molar-refractivity contribution in [3.05, 3.63) is 52.2 Å². The van der Waals surface area contributed by atoms with E-state index in [1.54, 1.807) is 0 Å². The fourth-order valence-corrected chi connectivity index (χ4v) is 2.57. The maximum atomic E-state index is 12.3. The quantitative estimate of drug-likeness (QED) is 0.780. The van der Waals surface area contributed by atoms with Gasteiger partial charge < -0.3 is 10.1 Å². The summed E-state index contributed by atoms with van der Waals surface area (Å²) in [7, 11) is 1.34. The van der Waals surface area contributed by atoms with Crippen molar-refractivity contribution in [2.75, 3.05) is 7.11 Å². The van der Waals surface area contributed by atoms with E-state index in [4.69, 9.17) is 4.74 Å². The summed E-state index contributed by atoms with van der Waals surface area (Å²) in [6.45, 7) is 1.82. The Labute approximate surface area is 110 Å². The van der Waals surface area contributed by atoms with Gasteiger partial charge in [0.05, 0.1) is 18.4 Å². The van der Waals surface area contributed by atoms with Crippen LogP contribution < -0.4 is 5.32 Å². The van der Waals surface area contributed by atoms with Gasteiger partial charge >= 0.3 is 5.97 Å². The SMILES string of the molecule is COC(=O)C1=C(C)NC2=C(C1)C(=O)c1ccccc12. The first-order valence-electron chi connectivity index (χ1n) is 6.06. The highest BCUT2D eigenvalue weighted by molar-refractivity contribution is 6.21. The Kier molecular flexibility index (Phi) is 2.52. The molecule has 0 saturated heterocycles. The minimum Gasteiger partial charge on any atom is -0.466 e. The number of ketones is 1. The van der Waals surface area contributed by atoms with Crippen molar-refractivity contribution in [2.24, 2.45) is 0 Å². The van der Waals surface area contributed by atoms with Crippen LogP contribution in [-0.2, 0) is 9.53 Å². The molecule has 0 atom stereocenters. The molecule has 1 aromatic carbocycles. The summed E-state index contributed by atoms with van der Waals surface area (Å²) in [5.74, 6) is -0.396. The van der Waals surface area contributed by atoms with Crippen molar-refractivity contribution < 1.29 is 14.3 Å². The second kappa shape index (κ2) is 4.09. The third-order valence-corrected chi connectivity index (χ3v) is 3.57. The summed E-state index contributed by atoms with van der Waals surface area (Å²) in [6.07, 6.45) is 0.328. The molecule has 0 aromatic heterocycles. The molecule has 1 heterocycles. The molecule has 0 fully saturated rings. The minimum absolute atomic E-state index is 0.00740. The number of methoxy groups -OCH3 is 1. The van der Waals surface area contributed by atoms with E-state index < -0.39 is 0 Å². The maximum absolute atomic E-state index is 12.3. The molecule has 3 rings (SSSR count). The minimum atomic E-state index is -0.389. The lowest BCUT2D eigenvalue weighted by atomic mass is 9.97. The van der Waals surface area contributed by atoms with Gasteiger partial charge in [-0.25, -0.2) is 4.79 Å². The second-order valence-electron chi connectivity index (χ2n) is 4.63. The second-order valence-corrected chi connectivity index (χ2v) is 4.63. The Morgan fingerprint density at radius 3 is 2.63 bits per heavy atom. The molecule has 4 nitrogen and oxygen atoms in total. The molecule has 19 heavy (non-hydrogen) atoms. The highest BCUT2D eigenvalue weighted by Gasteiger charge is 2.34. The van der Waals surface area contributed by atoms with Gasteiger partial charge in [0.2, 0.25) is 0 Å². The Morgan fingerprint density at radius 2 is 1.95 bits per heavy atom. The number of Topliss-reactive ketones (excluding diaryl/α,β-unsaturated/α-hetero) is 1. The van der Waals surface area contributed by atoms with E-state index in [1.807, 2.05) is 31.2 Å². The van der Waals surface area contributed by atoms with Crippen LogP contribution >= 0.6 is 0 Å². The molecule has 0 bridgehead atoms. The lowest BCUT2D eigenvalue weighted by molar-refractivity contribution is -0.136. The van der Waals surface area contributed by atoms with Crippen LogP contribution in [0.1, 0.15) is 29.3 Å². The topological polar surface area (TPSA) is 55.4 Å². The molecular weight excluding hydrogens is 242 g/mol. The van der Waals surface area contributed by atoms with E-state index in [0.29, 0.717) is 23.1 Å². The smallest absolute Gasteiger partial charge is 0.335 e. The Hall–Kier alpha value is -2.36. The fourth-order valence-electron chi connectivity index (χ4n) is 2.57. The number of dihydropyridines is 1. The highest BCUT2D eigenvalue weighted by atomic mass is 16.5. The van der Waals surface area contributed by atoms with Gasteiger partial charge in [0, 0.05) is 28.8 Å². The standard InChI is InChI=1S/C15H13NO3/c1-8-11(15(18)19-2)7-12-13(16-8)9-5-3-4-6-10(9)14(12)17/h3-6,16H,7H2,1-2H3. The van der Waals surface area contributed by atoms with Crippen molar-refractivity contribution in [3.8, 4) is 0 Å². The zero-order chi connectivity index (χ0) is 13.6. The van der Waals surface area contributed by atoms with E-state index in [9.17, 15) is 9.59 Å². The van der Waals surface area contributed by atoms with Crippen molar-refractivity contribution in [1.29, 1.82) is 0 Å². The first-order chi connectivity index (χ1) is 9.13. The Bertz CT molecular complexity index is 668. The largest absolute Gasteiger partial charge is 0.466 e. The fraction of sp³-hybridized carbons (Fsp3) is 0.200. The van der Waals surface area contributed by atoms with E-state index in [0.717, 1.165) is 17.0 Å². The Morgan fingerprint density at radius 1 is 1.26 bits per heavy atom. The van der Waals surface area contributed by atoms with Crippen LogP contribution in [-0.4, -0.2) is 18.9 Å². The molecule has 1 aromatic rings. The molecule has 0 unspecified atom stereocenters. The van der Waals surface area contributed by atoms with Crippen molar-refractivity contribution in [3.63, 3.8) is 0 Å². The van der Waals surface area contributed by atoms with Crippen LogP contribution in [0.3, 0.4) is 0 Å². The monoisotopic (exact) mass is 255 g/mol. The zero-order valence-electron chi connectivity index (χ0n) is 10.7. The van der Waals surface area contributed by atoms with Crippen LogP contribution in [0.25, 0.3) is 5.70 Å². The van der Waals surface area contributed by atoms with Gasteiger partial charge in [-0.3, -0.25) is 4.79 Å². The molecule has 1 aliphatic carbocycles. The molecular formula is C15H13NO3. The van der Waals surface area contributed by atoms with Gasteiger partial charge in [-0.15, -0.1) is 0 Å². The summed E-state index contributed by atoms with van der Waals surface area (Å²) in [5, 5.41) is 3.17. The number of carbonyl (C=O) groups excluding carboxylic acids is 2. The number of allylic oxidation sites excluding steroid dienone is 2. The summed E-state index contributed by atoms with van der Waals surface area (Å²) < 4.78 is 4.75. The van der Waals surface area contributed by atoms with Crippen LogP contribution in [0.5, 0.6) is 0 Å².